The molecular weight excluding hydrogens is 362 g/mol. The summed E-state index contributed by atoms with van der Waals surface area (Å²) in [7, 11) is 0. The molecule has 0 saturated carbocycles. The Bertz CT molecular complexity index is 909. The fraction of sp³-hybridized carbons (Fsp3) is 0.240. The van der Waals surface area contributed by atoms with Crippen LogP contribution in [0.1, 0.15) is 35.7 Å². The third-order valence-corrected chi connectivity index (χ3v) is 4.48. The second kappa shape index (κ2) is 10.9. The highest BCUT2D eigenvalue weighted by Crippen LogP contribution is 2.22. The molecule has 0 bridgehead atoms. The number of hydrogen-bond donors (Lipinski definition) is 1. The van der Waals surface area contributed by atoms with Gasteiger partial charge in [-0.2, -0.15) is 0 Å². The van der Waals surface area contributed by atoms with Crippen molar-refractivity contribution >= 4 is 11.6 Å². The molecule has 1 N–H and O–H groups in total. The zero-order valence-corrected chi connectivity index (χ0v) is 16.8. The van der Waals surface area contributed by atoms with Gasteiger partial charge in [-0.15, -0.1) is 0 Å². The average molecular weight is 389 g/mol. The van der Waals surface area contributed by atoms with E-state index in [4.69, 9.17) is 9.47 Å². The van der Waals surface area contributed by atoms with E-state index in [1.165, 1.54) is 5.56 Å². The lowest BCUT2D eigenvalue weighted by molar-refractivity contribution is 0.102. The van der Waals surface area contributed by atoms with E-state index >= 15 is 0 Å². The lowest BCUT2D eigenvalue weighted by Gasteiger charge is -2.12. The first-order valence-electron chi connectivity index (χ1n) is 10.1. The van der Waals surface area contributed by atoms with Gasteiger partial charge in [-0.05, 0) is 36.2 Å². The van der Waals surface area contributed by atoms with Crippen LogP contribution in [-0.2, 0) is 6.42 Å². The van der Waals surface area contributed by atoms with Gasteiger partial charge in [0.1, 0.15) is 11.5 Å². The molecule has 0 heterocycles. The van der Waals surface area contributed by atoms with Crippen molar-refractivity contribution in [3.05, 3.63) is 90.0 Å². The van der Waals surface area contributed by atoms with Crippen LogP contribution in [0.5, 0.6) is 11.5 Å². The maximum absolute atomic E-state index is 12.8. The Kier molecular flexibility index (Phi) is 7.70. The van der Waals surface area contributed by atoms with E-state index in [1.54, 1.807) is 6.07 Å². The minimum absolute atomic E-state index is 0.203. The highest BCUT2D eigenvalue weighted by molar-refractivity contribution is 6.06. The zero-order valence-electron chi connectivity index (χ0n) is 16.8. The molecule has 0 radical (unpaired) electrons. The SMILES string of the molecule is CCCCOc1cccc(NC(=O)c2ccccc2OCCc2ccccc2)c1. The van der Waals surface area contributed by atoms with E-state index in [0.717, 1.165) is 25.0 Å². The molecule has 0 fully saturated rings. The van der Waals surface area contributed by atoms with Crippen molar-refractivity contribution in [3.63, 3.8) is 0 Å². The number of anilines is 1. The molecule has 0 spiro atoms. The Labute approximate surface area is 172 Å². The smallest absolute Gasteiger partial charge is 0.259 e. The first-order chi connectivity index (χ1) is 14.3. The summed E-state index contributed by atoms with van der Waals surface area (Å²) in [5.74, 6) is 1.13. The second-order valence-electron chi connectivity index (χ2n) is 6.76. The van der Waals surface area contributed by atoms with Crippen LogP contribution in [0.4, 0.5) is 5.69 Å². The van der Waals surface area contributed by atoms with Gasteiger partial charge in [0.05, 0.1) is 18.8 Å². The van der Waals surface area contributed by atoms with Crippen molar-refractivity contribution in [3.8, 4) is 11.5 Å². The molecule has 3 rings (SSSR count). The number of carbonyl (C=O) groups is 1. The summed E-state index contributed by atoms with van der Waals surface area (Å²) in [6.45, 7) is 3.31. The summed E-state index contributed by atoms with van der Waals surface area (Å²) in [4.78, 5) is 12.8. The minimum Gasteiger partial charge on any atom is -0.494 e. The number of para-hydroxylation sites is 1. The predicted molar refractivity (Wildman–Crippen MR) is 117 cm³/mol. The van der Waals surface area contributed by atoms with Crippen LogP contribution in [0, 0.1) is 0 Å². The van der Waals surface area contributed by atoms with Gasteiger partial charge >= 0.3 is 0 Å². The van der Waals surface area contributed by atoms with Gasteiger partial charge in [0.15, 0.2) is 0 Å². The number of rotatable bonds is 10. The fourth-order valence-corrected chi connectivity index (χ4v) is 2.90. The van der Waals surface area contributed by atoms with Crippen LogP contribution in [0.15, 0.2) is 78.9 Å². The van der Waals surface area contributed by atoms with Crippen LogP contribution in [-0.4, -0.2) is 19.1 Å². The number of unbranched alkanes of at least 4 members (excludes halogenated alkanes) is 1. The Morgan fingerprint density at radius 2 is 1.66 bits per heavy atom. The molecular formula is C25H27NO3. The van der Waals surface area contributed by atoms with Crippen molar-refractivity contribution < 1.29 is 14.3 Å². The molecule has 3 aromatic carbocycles. The number of nitrogens with one attached hydrogen (secondary N) is 1. The highest BCUT2D eigenvalue weighted by atomic mass is 16.5. The predicted octanol–water partition coefficient (Wildman–Crippen LogP) is 5.74. The Balaban J connectivity index is 1.61. The van der Waals surface area contributed by atoms with Crippen molar-refractivity contribution in [2.45, 2.75) is 26.2 Å². The summed E-state index contributed by atoms with van der Waals surface area (Å²) in [6.07, 6.45) is 2.87. The average Bonchev–Trinajstić information content (AvgIpc) is 2.75. The largest absolute Gasteiger partial charge is 0.494 e. The van der Waals surface area contributed by atoms with E-state index in [0.29, 0.717) is 30.2 Å². The quantitative estimate of drug-likeness (QED) is 0.450. The summed E-state index contributed by atoms with van der Waals surface area (Å²) in [5, 5.41) is 2.94. The molecule has 0 saturated heterocycles. The normalized spacial score (nSPS) is 10.4. The van der Waals surface area contributed by atoms with Crippen LogP contribution in [0.25, 0.3) is 0 Å². The monoisotopic (exact) mass is 389 g/mol. The number of hydrogen-bond acceptors (Lipinski definition) is 3. The number of carbonyl (C=O) groups excluding carboxylic acids is 1. The summed E-state index contributed by atoms with van der Waals surface area (Å²) < 4.78 is 11.6. The van der Waals surface area contributed by atoms with Gasteiger partial charge in [0.25, 0.3) is 5.91 Å². The van der Waals surface area contributed by atoms with Gasteiger partial charge in [0.2, 0.25) is 0 Å². The number of amides is 1. The topological polar surface area (TPSA) is 47.6 Å². The molecule has 150 valence electrons. The van der Waals surface area contributed by atoms with Gasteiger partial charge in [0, 0.05) is 18.2 Å². The first-order valence-corrected chi connectivity index (χ1v) is 10.1. The van der Waals surface area contributed by atoms with E-state index in [1.807, 2.05) is 60.7 Å². The van der Waals surface area contributed by atoms with E-state index in [-0.39, 0.29) is 5.91 Å². The second-order valence-corrected chi connectivity index (χ2v) is 6.76. The van der Waals surface area contributed by atoms with Crippen LogP contribution < -0.4 is 14.8 Å². The fourth-order valence-electron chi connectivity index (χ4n) is 2.90. The molecule has 29 heavy (non-hydrogen) atoms. The lowest BCUT2D eigenvalue weighted by atomic mass is 10.1. The third-order valence-electron chi connectivity index (χ3n) is 4.48. The number of ether oxygens (including phenoxy) is 2. The lowest BCUT2D eigenvalue weighted by Crippen LogP contribution is -2.14. The molecule has 1 amide bonds. The van der Waals surface area contributed by atoms with Crippen molar-refractivity contribution in [2.24, 2.45) is 0 Å². The third kappa shape index (κ3) is 6.39. The molecule has 0 aliphatic rings. The summed E-state index contributed by atoms with van der Waals surface area (Å²) >= 11 is 0. The number of benzene rings is 3. The zero-order chi connectivity index (χ0) is 20.3. The molecule has 0 unspecified atom stereocenters. The van der Waals surface area contributed by atoms with E-state index < -0.39 is 0 Å². The first kappa shape index (κ1) is 20.5. The van der Waals surface area contributed by atoms with Crippen molar-refractivity contribution in [1.82, 2.24) is 0 Å². The molecule has 0 aliphatic heterocycles. The van der Waals surface area contributed by atoms with Crippen LogP contribution in [0.3, 0.4) is 0 Å². The molecule has 4 heteroatoms. The van der Waals surface area contributed by atoms with Gasteiger partial charge in [-0.1, -0.05) is 61.9 Å². The highest BCUT2D eigenvalue weighted by Gasteiger charge is 2.13. The molecule has 0 atom stereocenters. The van der Waals surface area contributed by atoms with Crippen LogP contribution in [0.2, 0.25) is 0 Å². The Morgan fingerprint density at radius 3 is 2.48 bits per heavy atom. The van der Waals surface area contributed by atoms with Gasteiger partial charge in [-0.3, -0.25) is 4.79 Å². The van der Waals surface area contributed by atoms with E-state index in [2.05, 4.69) is 24.4 Å². The Hall–Kier alpha value is -3.27. The molecule has 3 aromatic rings. The van der Waals surface area contributed by atoms with Crippen LogP contribution >= 0.6 is 0 Å². The van der Waals surface area contributed by atoms with Crippen molar-refractivity contribution in [2.75, 3.05) is 18.5 Å². The molecule has 0 aliphatic carbocycles. The van der Waals surface area contributed by atoms with Crippen molar-refractivity contribution in [1.29, 1.82) is 0 Å². The van der Waals surface area contributed by atoms with Gasteiger partial charge in [-0.25, -0.2) is 0 Å². The Morgan fingerprint density at radius 1 is 0.862 bits per heavy atom. The molecule has 0 aromatic heterocycles. The standard InChI is InChI=1S/C25H27NO3/c1-2-3-17-28-22-13-9-12-21(19-22)26-25(27)23-14-7-8-15-24(23)29-18-16-20-10-5-4-6-11-20/h4-15,19H,2-3,16-18H2,1H3,(H,26,27). The maximum atomic E-state index is 12.8. The van der Waals surface area contributed by atoms with Gasteiger partial charge < -0.3 is 14.8 Å². The minimum atomic E-state index is -0.203. The summed E-state index contributed by atoms with van der Waals surface area (Å²) in [6, 6.07) is 24.9. The molecule has 4 nitrogen and oxygen atoms in total. The maximum Gasteiger partial charge on any atom is 0.259 e. The summed E-state index contributed by atoms with van der Waals surface area (Å²) in [5.41, 5.74) is 2.41. The van der Waals surface area contributed by atoms with E-state index in [9.17, 15) is 4.79 Å².